The number of rotatable bonds is 6. The summed E-state index contributed by atoms with van der Waals surface area (Å²) in [4.78, 5) is 21.2. The number of sulfonamides is 1. The Bertz CT molecular complexity index is 944. The molecule has 8 nitrogen and oxygen atoms in total. The Labute approximate surface area is 150 Å². The van der Waals surface area contributed by atoms with E-state index < -0.39 is 27.5 Å². The Morgan fingerprint density at radius 2 is 1.62 bits per heavy atom. The molecule has 0 radical (unpaired) electrons. The Morgan fingerprint density at radius 1 is 1.12 bits per heavy atom. The SMILES string of the molecule is Cc1cc(C)c(N(CC(=O)O)S(=O)(=O)c2ccc([N+](=O)[O-])cc2)c(C)c1. The first kappa shape index (κ1) is 19.4. The molecule has 2 aromatic rings. The van der Waals surface area contributed by atoms with Crippen LogP contribution in [0.4, 0.5) is 11.4 Å². The molecule has 26 heavy (non-hydrogen) atoms. The number of non-ortho nitro benzene ring substituents is 1. The normalized spacial score (nSPS) is 11.2. The van der Waals surface area contributed by atoms with Gasteiger partial charge in [-0.05, 0) is 44.0 Å². The van der Waals surface area contributed by atoms with Crippen LogP contribution in [0.5, 0.6) is 0 Å². The first-order valence-corrected chi connectivity index (χ1v) is 9.05. The van der Waals surface area contributed by atoms with Crippen molar-refractivity contribution in [3.8, 4) is 0 Å². The molecule has 2 aromatic carbocycles. The standard InChI is InChI=1S/C17H18N2O6S/c1-11-8-12(2)17(13(3)9-11)18(10-16(20)21)26(24,25)15-6-4-14(5-7-15)19(22)23/h4-9H,10H2,1-3H3,(H,20,21). The summed E-state index contributed by atoms with van der Waals surface area (Å²) >= 11 is 0. The fourth-order valence-corrected chi connectivity index (χ4v) is 4.38. The van der Waals surface area contributed by atoms with Crippen LogP contribution in [0.3, 0.4) is 0 Å². The molecule has 9 heteroatoms. The summed E-state index contributed by atoms with van der Waals surface area (Å²) in [6.45, 7) is 4.51. The first-order valence-electron chi connectivity index (χ1n) is 7.61. The number of anilines is 1. The molecule has 0 atom stereocenters. The first-order chi connectivity index (χ1) is 12.0. The number of benzene rings is 2. The van der Waals surface area contributed by atoms with Crippen LogP contribution < -0.4 is 4.31 Å². The maximum atomic E-state index is 13.0. The van der Waals surface area contributed by atoms with Gasteiger partial charge in [0.25, 0.3) is 15.7 Å². The Balaban J connectivity index is 2.63. The van der Waals surface area contributed by atoms with Crippen LogP contribution in [0.25, 0.3) is 0 Å². The molecule has 1 N–H and O–H groups in total. The zero-order valence-electron chi connectivity index (χ0n) is 14.5. The highest BCUT2D eigenvalue weighted by molar-refractivity contribution is 7.92. The van der Waals surface area contributed by atoms with E-state index in [-0.39, 0.29) is 16.3 Å². The number of nitrogens with zero attached hydrogens (tertiary/aromatic N) is 2. The summed E-state index contributed by atoms with van der Waals surface area (Å²) in [6.07, 6.45) is 0. The van der Waals surface area contributed by atoms with Crippen LogP contribution in [-0.4, -0.2) is 31.0 Å². The Hall–Kier alpha value is -2.94. The van der Waals surface area contributed by atoms with Gasteiger partial charge in [0, 0.05) is 12.1 Å². The second kappa shape index (κ2) is 7.12. The minimum absolute atomic E-state index is 0.219. The van der Waals surface area contributed by atoms with Crippen LogP contribution >= 0.6 is 0 Å². The fraction of sp³-hybridized carbons (Fsp3) is 0.235. The smallest absolute Gasteiger partial charge is 0.324 e. The molecule has 0 heterocycles. The van der Waals surface area contributed by atoms with E-state index in [1.54, 1.807) is 26.0 Å². The molecule has 0 amide bonds. The average Bonchev–Trinajstić information content (AvgIpc) is 2.52. The Kier molecular flexibility index (Phi) is 5.31. The predicted molar refractivity (Wildman–Crippen MR) is 95.9 cm³/mol. The largest absolute Gasteiger partial charge is 0.480 e. The van der Waals surface area contributed by atoms with E-state index in [0.717, 1.165) is 34.1 Å². The van der Waals surface area contributed by atoms with E-state index in [9.17, 15) is 28.4 Å². The van der Waals surface area contributed by atoms with Gasteiger partial charge in [0.1, 0.15) is 6.54 Å². The lowest BCUT2D eigenvalue weighted by Gasteiger charge is -2.26. The van der Waals surface area contributed by atoms with Crippen molar-refractivity contribution in [2.24, 2.45) is 0 Å². The zero-order valence-corrected chi connectivity index (χ0v) is 15.3. The van der Waals surface area contributed by atoms with Crippen molar-refractivity contribution in [3.05, 3.63) is 63.2 Å². The van der Waals surface area contributed by atoms with Crippen molar-refractivity contribution < 1.29 is 23.2 Å². The molecular weight excluding hydrogens is 360 g/mol. The molecule has 2 rings (SSSR count). The van der Waals surface area contributed by atoms with Crippen molar-refractivity contribution in [3.63, 3.8) is 0 Å². The summed E-state index contributed by atoms with van der Waals surface area (Å²) < 4.78 is 26.9. The quantitative estimate of drug-likeness (QED) is 0.610. The number of nitro groups is 1. The van der Waals surface area contributed by atoms with E-state index in [4.69, 9.17) is 0 Å². The molecule has 0 aliphatic rings. The number of carboxylic acids is 1. The van der Waals surface area contributed by atoms with Crippen LogP contribution in [0.15, 0.2) is 41.3 Å². The zero-order chi connectivity index (χ0) is 19.6. The number of aryl methyl sites for hydroxylation is 3. The van der Waals surface area contributed by atoms with Gasteiger partial charge in [-0.1, -0.05) is 17.7 Å². The maximum absolute atomic E-state index is 13.0. The van der Waals surface area contributed by atoms with Crippen molar-refractivity contribution in [2.75, 3.05) is 10.8 Å². The number of carboxylic acid groups (broad SMARTS) is 1. The predicted octanol–water partition coefficient (Wildman–Crippen LogP) is 2.80. The lowest BCUT2D eigenvalue weighted by atomic mass is 10.1. The molecule has 0 saturated carbocycles. The third-order valence-electron chi connectivity index (χ3n) is 3.80. The third kappa shape index (κ3) is 3.83. The highest BCUT2D eigenvalue weighted by Crippen LogP contribution is 2.31. The monoisotopic (exact) mass is 378 g/mol. The number of hydrogen-bond acceptors (Lipinski definition) is 5. The molecule has 138 valence electrons. The van der Waals surface area contributed by atoms with Gasteiger partial charge in [0.05, 0.1) is 15.5 Å². The molecule has 0 aromatic heterocycles. The molecule has 0 spiro atoms. The number of carbonyl (C=O) groups is 1. The van der Waals surface area contributed by atoms with Gasteiger partial charge in [0.15, 0.2) is 0 Å². The second-order valence-electron chi connectivity index (χ2n) is 5.90. The fourth-order valence-electron chi connectivity index (χ4n) is 2.84. The molecule has 0 bridgehead atoms. The van der Waals surface area contributed by atoms with Crippen LogP contribution in [0.2, 0.25) is 0 Å². The van der Waals surface area contributed by atoms with Crippen molar-refractivity contribution >= 4 is 27.4 Å². The number of hydrogen-bond donors (Lipinski definition) is 1. The van der Waals surface area contributed by atoms with Gasteiger partial charge in [0.2, 0.25) is 0 Å². The van der Waals surface area contributed by atoms with E-state index in [1.165, 1.54) is 0 Å². The van der Waals surface area contributed by atoms with Crippen molar-refractivity contribution in [1.82, 2.24) is 0 Å². The van der Waals surface area contributed by atoms with E-state index in [2.05, 4.69) is 0 Å². The van der Waals surface area contributed by atoms with E-state index in [1.807, 2.05) is 6.92 Å². The van der Waals surface area contributed by atoms with Crippen LogP contribution in [0.1, 0.15) is 16.7 Å². The maximum Gasteiger partial charge on any atom is 0.324 e. The topological polar surface area (TPSA) is 118 Å². The van der Waals surface area contributed by atoms with Gasteiger partial charge in [-0.3, -0.25) is 19.2 Å². The highest BCUT2D eigenvalue weighted by atomic mass is 32.2. The molecule has 0 aliphatic carbocycles. The van der Waals surface area contributed by atoms with Gasteiger partial charge in [-0.2, -0.15) is 0 Å². The molecule has 0 aliphatic heterocycles. The van der Waals surface area contributed by atoms with Gasteiger partial charge in [-0.25, -0.2) is 8.42 Å². The lowest BCUT2D eigenvalue weighted by Crippen LogP contribution is -2.36. The van der Waals surface area contributed by atoms with Crippen molar-refractivity contribution in [2.45, 2.75) is 25.7 Å². The van der Waals surface area contributed by atoms with E-state index >= 15 is 0 Å². The summed E-state index contributed by atoms with van der Waals surface area (Å²) in [6, 6.07) is 7.87. The Morgan fingerprint density at radius 3 is 2.04 bits per heavy atom. The molecular formula is C17H18N2O6S. The third-order valence-corrected chi connectivity index (χ3v) is 5.56. The molecule has 0 saturated heterocycles. The van der Waals surface area contributed by atoms with Gasteiger partial charge < -0.3 is 5.11 Å². The van der Waals surface area contributed by atoms with Crippen LogP contribution in [0, 0.1) is 30.9 Å². The average molecular weight is 378 g/mol. The minimum Gasteiger partial charge on any atom is -0.480 e. The highest BCUT2D eigenvalue weighted by Gasteiger charge is 2.29. The summed E-state index contributed by atoms with van der Waals surface area (Å²) in [5.41, 5.74) is 2.20. The summed E-state index contributed by atoms with van der Waals surface area (Å²) in [7, 11) is -4.22. The number of aliphatic carboxylic acids is 1. The lowest BCUT2D eigenvalue weighted by molar-refractivity contribution is -0.384. The molecule has 0 fully saturated rings. The summed E-state index contributed by atoms with van der Waals surface area (Å²) in [5.74, 6) is -1.31. The minimum atomic E-state index is -4.22. The van der Waals surface area contributed by atoms with Gasteiger partial charge >= 0.3 is 5.97 Å². The van der Waals surface area contributed by atoms with Gasteiger partial charge in [-0.15, -0.1) is 0 Å². The van der Waals surface area contributed by atoms with Crippen molar-refractivity contribution in [1.29, 1.82) is 0 Å². The molecule has 0 unspecified atom stereocenters. The van der Waals surface area contributed by atoms with Crippen LogP contribution in [-0.2, 0) is 14.8 Å². The number of nitro benzene ring substituents is 1. The second-order valence-corrected chi connectivity index (χ2v) is 7.77. The van der Waals surface area contributed by atoms with E-state index in [0.29, 0.717) is 11.1 Å². The summed E-state index contributed by atoms with van der Waals surface area (Å²) in [5, 5.41) is 20.0.